The number of hydrogen-bond acceptors (Lipinski definition) is 2. The molecule has 0 aliphatic carbocycles. The van der Waals surface area contributed by atoms with Crippen molar-refractivity contribution >= 4 is 5.91 Å². The fourth-order valence-corrected chi connectivity index (χ4v) is 3.34. The molecule has 2 rings (SSSR count). The van der Waals surface area contributed by atoms with Crippen molar-refractivity contribution < 1.29 is 13.6 Å². The summed E-state index contributed by atoms with van der Waals surface area (Å²) in [6.45, 7) is 11.0. The van der Waals surface area contributed by atoms with Crippen molar-refractivity contribution in [3.63, 3.8) is 0 Å². The molecule has 0 spiro atoms. The molecule has 0 aromatic heterocycles. The van der Waals surface area contributed by atoms with Gasteiger partial charge in [0.05, 0.1) is 5.56 Å². The number of rotatable bonds is 4. The third-order valence-electron chi connectivity index (χ3n) is 4.60. The largest absolute Gasteiger partial charge is 0.350 e. The number of amides is 1. The van der Waals surface area contributed by atoms with Crippen LogP contribution in [0.2, 0.25) is 0 Å². The highest BCUT2D eigenvalue weighted by Gasteiger charge is 2.33. The molecule has 0 saturated carbocycles. The lowest BCUT2D eigenvalue weighted by Gasteiger charge is -2.45. The number of hydrogen-bond donors (Lipinski definition) is 1. The van der Waals surface area contributed by atoms with E-state index in [0.29, 0.717) is 18.4 Å². The second-order valence-corrected chi connectivity index (χ2v) is 7.45. The van der Waals surface area contributed by atoms with Crippen LogP contribution in [-0.4, -0.2) is 36.0 Å². The Bertz CT molecular complexity index is 564. The monoisotopic (exact) mass is 324 g/mol. The number of benzene rings is 1. The summed E-state index contributed by atoms with van der Waals surface area (Å²) in [6.07, 6.45) is 1.22. The second-order valence-electron chi connectivity index (χ2n) is 7.45. The first kappa shape index (κ1) is 17.9. The SMILES string of the molecule is CC1CC(C)CN(C(C)(C)CNC(=O)c2cccc(F)c2F)C1. The van der Waals surface area contributed by atoms with Crippen molar-refractivity contribution in [1.29, 1.82) is 0 Å². The van der Waals surface area contributed by atoms with E-state index in [1.165, 1.54) is 18.6 Å². The Morgan fingerprint density at radius 1 is 1.26 bits per heavy atom. The summed E-state index contributed by atoms with van der Waals surface area (Å²) in [4.78, 5) is 14.5. The average Bonchev–Trinajstić information content (AvgIpc) is 2.47. The van der Waals surface area contributed by atoms with Gasteiger partial charge in [0.25, 0.3) is 5.91 Å². The molecule has 1 saturated heterocycles. The van der Waals surface area contributed by atoms with Crippen molar-refractivity contribution in [1.82, 2.24) is 10.2 Å². The summed E-state index contributed by atoms with van der Waals surface area (Å²) in [5.74, 6) is -1.43. The maximum Gasteiger partial charge on any atom is 0.254 e. The molecule has 3 nitrogen and oxygen atoms in total. The lowest BCUT2D eigenvalue weighted by Crippen LogP contribution is -2.56. The molecule has 1 aliphatic heterocycles. The van der Waals surface area contributed by atoms with E-state index in [1.54, 1.807) is 0 Å². The highest BCUT2D eigenvalue weighted by Crippen LogP contribution is 2.27. The highest BCUT2D eigenvalue weighted by atomic mass is 19.2. The molecule has 1 aromatic rings. The number of carbonyl (C=O) groups is 1. The van der Waals surface area contributed by atoms with Crippen LogP contribution in [0.4, 0.5) is 8.78 Å². The predicted octanol–water partition coefficient (Wildman–Crippen LogP) is 3.45. The van der Waals surface area contributed by atoms with Crippen molar-refractivity contribution in [2.24, 2.45) is 11.8 Å². The summed E-state index contributed by atoms with van der Waals surface area (Å²) in [5.41, 5.74) is -0.483. The smallest absolute Gasteiger partial charge is 0.254 e. The molecule has 5 heteroatoms. The summed E-state index contributed by atoms with van der Waals surface area (Å²) >= 11 is 0. The number of nitrogens with zero attached hydrogens (tertiary/aromatic N) is 1. The molecule has 0 radical (unpaired) electrons. The molecular weight excluding hydrogens is 298 g/mol. The predicted molar refractivity (Wildman–Crippen MR) is 87.3 cm³/mol. The third-order valence-corrected chi connectivity index (χ3v) is 4.60. The van der Waals surface area contributed by atoms with Crippen molar-refractivity contribution in [3.8, 4) is 0 Å². The van der Waals surface area contributed by atoms with Crippen molar-refractivity contribution in [2.75, 3.05) is 19.6 Å². The van der Waals surface area contributed by atoms with Crippen LogP contribution < -0.4 is 5.32 Å². The van der Waals surface area contributed by atoms with Gasteiger partial charge in [-0.2, -0.15) is 0 Å². The Kier molecular flexibility index (Phi) is 5.40. The van der Waals surface area contributed by atoms with Crippen molar-refractivity contribution in [2.45, 2.75) is 39.7 Å². The van der Waals surface area contributed by atoms with E-state index in [1.807, 2.05) is 0 Å². The molecule has 1 fully saturated rings. The number of nitrogens with one attached hydrogen (secondary N) is 1. The topological polar surface area (TPSA) is 32.3 Å². The van der Waals surface area contributed by atoms with Gasteiger partial charge in [-0.05, 0) is 44.2 Å². The molecule has 1 amide bonds. The zero-order valence-corrected chi connectivity index (χ0v) is 14.3. The Morgan fingerprint density at radius 3 is 2.48 bits per heavy atom. The summed E-state index contributed by atoms with van der Waals surface area (Å²) in [6, 6.07) is 3.64. The normalized spacial score (nSPS) is 22.9. The zero-order valence-electron chi connectivity index (χ0n) is 14.3. The van der Waals surface area contributed by atoms with Gasteiger partial charge in [0.1, 0.15) is 0 Å². The molecule has 2 unspecified atom stereocenters. The van der Waals surface area contributed by atoms with Crippen LogP contribution in [0.1, 0.15) is 44.5 Å². The van der Waals surface area contributed by atoms with Gasteiger partial charge in [-0.1, -0.05) is 19.9 Å². The fourth-order valence-electron chi connectivity index (χ4n) is 3.34. The van der Waals surface area contributed by atoms with Crippen molar-refractivity contribution in [3.05, 3.63) is 35.4 Å². The molecule has 1 N–H and O–H groups in total. The molecule has 23 heavy (non-hydrogen) atoms. The van der Waals surface area contributed by atoms with Crippen LogP contribution in [0.3, 0.4) is 0 Å². The number of likely N-dealkylation sites (tertiary alicyclic amines) is 1. The van der Waals surface area contributed by atoms with E-state index in [0.717, 1.165) is 19.2 Å². The van der Waals surface area contributed by atoms with E-state index >= 15 is 0 Å². The minimum atomic E-state index is -1.09. The van der Waals surface area contributed by atoms with Crippen LogP contribution >= 0.6 is 0 Å². The van der Waals surface area contributed by atoms with Crippen LogP contribution in [0.25, 0.3) is 0 Å². The molecular formula is C18H26F2N2O. The van der Waals surface area contributed by atoms with E-state index in [9.17, 15) is 13.6 Å². The van der Waals surface area contributed by atoms with Gasteiger partial charge in [-0.15, -0.1) is 0 Å². The van der Waals surface area contributed by atoms with E-state index in [-0.39, 0.29) is 11.1 Å². The average molecular weight is 324 g/mol. The molecule has 0 bridgehead atoms. The Morgan fingerprint density at radius 2 is 1.87 bits per heavy atom. The lowest BCUT2D eigenvalue weighted by atomic mass is 9.88. The van der Waals surface area contributed by atoms with E-state index < -0.39 is 17.5 Å². The molecule has 1 aromatic carbocycles. The summed E-state index contributed by atoms with van der Waals surface area (Å²) in [7, 11) is 0. The quantitative estimate of drug-likeness (QED) is 0.920. The van der Waals surface area contributed by atoms with Gasteiger partial charge in [0.15, 0.2) is 11.6 Å². The van der Waals surface area contributed by atoms with Gasteiger partial charge in [0.2, 0.25) is 0 Å². The Balaban J connectivity index is 2.01. The highest BCUT2D eigenvalue weighted by molar-refractivity contribution is 5.94. The first-order valence-corrected chi connectivity index (χ1v) is 8.18. The minimum Gasteiger partial charge on any atom is -0.350 e. The minimum absolute atomic E-state index is 0.234. The first-order chi connectivity index (χ1) is 10.7. The van der Waals surface area contributed by atoms with E-state index in [2.05, 4.69) is 37.9 Å². The third kappa shape index (κ3) is 4.28. The summed E-state index contributed by atoms with van der Waals surface area (Å²) in [5, 5.41) is 2.75. The first-order valence-electron chi connectivity index (χ1n) is 8.18. The molecule has 1 aliphatic rings. The Hall–Kier alpha value is -1.49. The number of halogens is 2. The number of carbonyl (C=O) groups excluding carboxylic acids is 1. The fraction of sp³-hybridized carbons (Fsp3) is 0.611. The van der Waals surface area contributed by atoms with Gasteiger partial charge in [-0.3, -0.25) is 9.69 Å². The zero-order chi connectivity index (χ0) is 17.2. The molecule has 1 heterocycles. The summed E-state index contributed by atoms with van der Waals surface area (Å²) < 4.78 is 26.9. The number of piperidine rings is 1. The van der Waals surface area contributed by atoms with Crippen LogP contribution in [-0.2, 0) is 0 Å². The van der Waals surface area contributed by atoms with Gasteiger partial charge in [-0.25, -0.2) is 8.78 Å². The second kappa shape index (κ2) is 6.95. The Labute approximate surface area is 137 Å². The maximum absolute atomic E-state index is 13.7. The molecule has 128 valence electrons. The van der Waals surface area contributed by atoms with Crippen LogP contribution in [0.15, 0.2) is 18.2 Å². The van der Waals surface area contributed by atoms with E-state index in [4.69, 9.17) is 0 Å². The lowest BCUT2D eigenvalue weighted by molar-refractivity contribution is 0.0444. The van der Waals surface area contributed by atoms with Crippen LogP contribution in [0.5, 0.6) is 0 Å². The standard InChI is InChI=1S/C18H26F2N2O/c1-12-8-13(2)10-22(9-12)18(3,4)11-21-17(23)14-6-5-7-15(19)16(14)20/h5-7,12-13H,8-11H2,1-4H3,(H,21,23). The van der Waals surface area contributed by atoms with Gasteiger partial charge in [0, 0.05) is 25.2 Å². The van der Waals surface area contributed by atoms with Crippen LogP contribution in [0, 0.1) is 23.5 Å². The molecule has 2 atom stereocenters. The maximum atomic E-state index is 13.7. The van der Waals surface area contributed by atoms with Gasteiger partial charge < -0.3 is 5.32 Å². The van der Waals surface area contributed by atoms with Gasteiger partial charge >= 0.3 is 0 Å².